The average Bonchev–Trinajstić information content (AvgIpc) is 3.04. The molecule has 0 radical (unpaired) electrons. The molecular formula is C17H19F2N4NaO3S. The number of aromatic nitrogens is 4. The fourth-order valence-corrected chi connectivity index (χ4v) is 3.60. The Labute approximate surface area is 185 Å². The van der Waals surface area contributed by atoms with Crippen LogP contribution in [0.1, 0.15) is 16.8 Å². The van der Waals surface area contributed by atoms with E-state index in [2.05, 4.69) is 19.9 Å². The first kappa shape index (κ1) is 22.8. The zero-order valence-corrected chi connectivity index (χ0v) is 15.8. The van der Waals surface area contributed by atoms with Gasteiger partial charge in [-0.05, 0) is 26.0 Å². The molecule has 3 heterocycles. The molecule has 0 fully saturated rings. The number of hydrogen-bond donors (Lipinski definition) is 1. The fourth-order valence-electron chi connectivity index (χ4n) is 2.51. The van der Waals surface area contributed by atoms with Crippen LogP contribution in [0.5, 0.6) is 11.6 Å². The molecule has 28 heavy (non-hydrogen) atoms. The van der Waals surface area contributed by atoms with Crippen molar-refractivity contribution in [2.75, 3.05) is 13.7 Å². The number of rotatable bonds is 7. The number of imidazole rings is 1. The quantitative estimate of drug-likeness (QED) is 0.465. The van der Waals surface area contributed by atoms with Crippen molar-refractivity contribution >= 4 is 51.9 Å². The minimum atomic E-state index is -2.59. The summed E-state index contributed by atoms with van der Waals surface area (Å²) >= 11 is -1.50. The van der Waals surface area contributed by atoms with Gasteiger partial charge in [0, 0.05) is 28.5 Å². The summed E-state index contributed by atoms with van der Waals surface area (Å²) in [6, 6.07) is 3.38. The summed E-state index contributed by atoms with van der Waals surface area (Å²) in [7, 11) is 1.56. The number of fused-ring (bicyclic) bond motifs is 1. The third-order valence-corrected chi connectivity index (χ3v) is 5.06. The zero-order chi connectivity index (χ0) is 19.6. The normalized spacial score (nSPS) is 12.1. The van der Waals surface area contributed by atoms with Crippen LogP contribution < -0.4 is 9.47 Å². The molecule has 3 aromatic heterocycles. The van der Waals surface area contributed by atoms with Crippen LogP contribution >= 0.6 is 0 Å². The van der Waals surface area contributed by atoms with Gasteiger partial charge in [-0.15, -0.1) is 0 Å². The second kappa shape index (κ2) is 9.84. The molecule has 1 unspecified atom stereocenters. The third-order valence-electron chi connectivity index (χ3n) is 3.90. The SMILES string of the molecule is COc1ccnc(C[S+]([O-])c2nc3cc(C)c(OCC(F)F)nc3[nH]2)c1C.[NaH]. The van der Waals surface area contributed by atoms with Crippen LogP contribution in [-0.4, -0.2) is 74.2 Å². The van der Waals surface area contributed by atoms with Gasteiger partial charge in [0.1, 0.15) is 11.3 Å². The number of methoxy groups -OCH3 is 1. The van der Waals surface area contributed by atoms with Gasteiger partial charge < -0.3 is 14.0 Å². The number of aromatic amines is 1. The minimum absolute atomic E-state index is 0. The molecule has 0 bridgehead atoms. The summed E-state index contributed by atoms with van der Waals surface area (Å²) in [6.07, 6.45) is -1.00. The Bertz CT molecular complexity index is 958. The van der Waals surface area contributed by atoms with E-state index < -0.39 is 24.2 Å². The monoisotopic (exact) mass is 420 g/mol. The first-order chi connectivity index (χ1) is 12.9. The molecule has 0 aromatic carbocycles. The summed E-state index contributed by atoms with van der Waals surface area (Å²) in [6.45, 7) is 2.78. The van der Waals surface area contributed by atoms with Crippen LogP contribution in [0, 0.1) is 13.8 Å². The van der Waals surface area contributed by atoms with Gasteiger partial charge in [0.2, 0.25) is 5.88 Å². The van der Waals surface area contributed by atoms with Crippen molar-refractivity contribution in [1.82, 2.24) is 19.9 Å². The number of pyridine rings is 2. The van der Waals surface area contributed by atoms with E-state index in [0.717, 1.165) is 5.56 Å². The standard InChI is InChI=1S/C17H18F2N4O3S.Na.H/c1-9-6-11-15(22-16(9)26-7-14(18)19)23-17(21-11)27(24)8-12-10(2)13(25-3)4-5-20-12;;/h4-6,14H,7-8H2,1-3H3,(H,21,22,23);;. The number of hydrogen-bond acceptors (Lipinski definition) is 6. The first-order valence-corrected chi connectivity index (χ1v) is 9.36. The molecule has 0 saturated carbocycles. The maximum absolute atomic E-state index is 12.7. The molecular weight excluding hydrogens is 401 g/mol. The van der Waals surface area contributed by atoms with Gasteiger partial charge in [0.25, 0.3) is 6.43 Å². The number of halogens is 2. The number of alkyl halides is 2. The van der Waals surface area contributed by atoms with E-state index in [-0.39, 0.29) is 46.3 Å². The van der Waals surface area contributed by atoms with Gasteiger partial charge in [-0.2, -0.15) is 9.97 Å². The van der Waals surface area contributed by atoms with Crippen LogP contribution in [0.4, 0.5) is 8.78 Å². The van der Waals surface area contributed by atoms with Crippen molar-refractivity contribution in [3.63, 3.8) is 0 Å². The molecule has 7 nitrogen and oxygen atoms in total. The van der Waals surface area contributed by atoms with Gasteiger partial charge >= 0.3 is 34.7 Å². The molecule has 146 valence electrons. The van der Waals surface area contributed by atoms with Crippen LogP contribution in [-0.2, 0) is 16.9 Å². The topological polar surface area (TPSA) is 96.0 Å². The van der Waals surface area contributed by atoms with E-state index in [1.807, 2.05) is 6.92 Å². The Morgan fingerprint density at radius 2 is 2.04 bits per heavy atom. The van der Waals surface area contributed by atoms with Gasteiger partial charge in [0.05, 0.1) is 12.8 Å². The van der Waals surface area contributed by atoms with Crippen LogP contribution in [0.25, 0.3) is 11.2 Å². The van der Waals surface area contributed by atoms with Crippen LogP contribution in [0.3, 0.4) is 0 Å². The van der Waals surface area contributed by atoms with Crippen molar-refractivity contribution in [3.05, 3.63) is 35.2 Å². The summed E-state index contributed by atoms with van der Waals surface area (Å²) in [5, 5.41) is 0.229. The molecule has 11 heteroatoms. The van der Waals surface area contributed by atoms with E-state index in [1.54, 1.807) is 32.4 Å². The molecule has 1 atom stereocenters. The molecule has 0 saturated heterocycles. The molecule has 0 spiro atoms. The Balaban J connectivity index is 0.00000280. The van der Waals surface area contributed by atoms with Crippen LogP contribution in [0.15, 0.2) is 23.5 Å². The van der Waals surface area contributed by atoms with Crippen molar-refractivity contribution in [2.45, 2.75) is 31.2 Å². The van der Waals surface area contributed by atoms with Gasteiger partial charge in [-0.25, -0.2) is 8.78 Å². The van der Waals surface area contributed by atoms with Crippen molar-refractivity contribution in [1.29, 1.82) is 0 Å². The number of aryl methyl sites for hydroxylation is 1. The van der Waals surface area contributed by atoms with Gasteiger partial charge in [0.15, 0.2) is 18.0 Å². The first-order valence-electron chi connectivity index (χ1n) is 8.04. The number of nitrogens with one attached hydrogen (secondary N) is 1. The molecule has 0 amide bonds. The Morgan fingerprint density at radius 3 is 2.71 bits per heavy atom. The van der Waals surface area contributed by atoms with E-state index >= 15 is 0 Å². The summed E-state index contributed by atoms with van der Waals surface area (Å²) in [5.41, 5.74) is 2.82. The van der Waals surface area contributed by atoms with Crippen LogP contribution in [0.2, 0.25) is 0 Å². The molecule has 0 aliphatic rings. The van der Waals surface area contributed by atoms with E-state index in [0.29, 0.717) is 28.2 Å². The predicted octanol–water partition coefficient (Wildman–Crippen LogP) is 2.28. The summed E-state index contributed by atoms with van der Waals surface area (Å²) in [4.78, 5) is 15.6. The summed E-state index contributed by atoms with van der Waals surface area (Å²) < 4.78 is 47.6. The Morgan fingerprint density at radius 1 is 1.29 bits per heavy atom. The average molecular weight is 420 g/mol. The van der Waals surface area contributed by atoms with Crippen molar-refractivity contribution < 1.29 is 22.8 Å². The van der Waals surface area contributed by atoms with E-state index in [9.17, 15) is 13.3 Å². The van der Waals surface area contributed by atoms with Gasteiger partial charge in [-0.1, -0.05) is 0 Å². The second-order valence-electron chi connectivity index (χ2n) is 5.80. The zero-order valence-electron chi connectivity index (χ0n) is 15.0. The Kier molecular flexibility index (Phi) is 8.02. The molecule has 0 aliphatic carbocycles. The number of nitrogens with zero attached hydrogens (tertiary/aromatic N) is 3. The maximum atomic E-state index is 12.7. The van der Waals surface area contributed by atoms with E-state index in [1.165, 1.54) is 0 Å². The Hall–Kier alpha value is -1.46. The fraction of sp³-hybridized carbons (Fsp3) is 0.353. The van der Waals surface area contributed by atoms with Crippen molar-refractivity contribution in [3.8, 4) is 11.6 Å². The van der Waals surface area contributed by atoms with Crippen molar-refractivity contribution in [2.24, 2.45) is 0 Å². The molecule has 0 aliphatic heterocycles. The molecule has 3 rings (SSSR count). The molecule has 1 N–H and O–H groups in total. The molecule has 3 aromatic rings. The predicted molar refractivity (Wildman–Crippen MR) is 103 cm³/mol. The van der Waals surface area contributed by atoms with Gasteiger partial charge in [-0.3, -0.25) is 9.97 Å². The second-order valence-corrected chi connectivity index (χ2v) is 7.16. The number of ether oxygens (including phenoxy) is 2. The third kappa shape index (κ3) is 5.12. The summed E-state index contributed by atoms with van der Waals surface area (Å²) in [5.74, 6) is 0.908. The van der Waals surface area contributed by atoms with E-state index in [4.69, 9.17) is 9.47 Å². The number of H-pyrrole nitrogens is 1.